The van der Waals surface area contributed by atoms with E-state index in [1.54, 1.807) is 0 Å². The van der Waals surface area contributed by atoms with Gasteiger partial charge in [-0.2, -0.15) is 4.21 Å². The summed E-state index contributed by atoms with van der Waals surface area (Å²) in [5, 5.41) is 7.42. The topological polar surface area (TPSA) is 94.8 Å². The summed E-state index contributed by atoms with van der Waals surface area (Å²) in [5.41, 5.74) is 0. The van der Waals surface area contributed by atoms with Gasteiger partial charge in [-0.15, -0.1) is 0 Å². The maximum absolute atomic E-state index is 9.11. The molecule has 0 aromatic carbocycles. The quantitative estimate of drug-likeness (QED) is 0.400. The van der Waals surface area contributed by atoms with Crippen LogP contribution in [0.1, 0.15) is 8.35 Å². The molecule has 0 aliphatic heterocycles. The van der Waals surface area contributed by atoms with Crippen molar-refractivity contribution in [2.24, 2.45) is 0 Å². The molecular weight excluding hydrogens is 255 g/mol. The molecule has 9 heteroatoms. The molecule has 0 saturated heterocycles. The largest absolute Gasteiger partial charge is 1.00 e. The Morgan fingerprint density at radius 3 is 1.55 bits per heavy atom. The summed E-state index contributed by atoms with van der Waals surface area (Å²) in [7, 11) is -3.83. The Hall–Kier alpha value is 1.28. The summed E-state index contributed by atoms with van der Waals surface area (Å²) < 4.78 is 24.0. The molecule has 3 N–H and O–H groups in total. The number of carbonyl (C=O) groups is 1. The van der Waals surface area contributed by atoms with E-state index in [0.717, 1.165) is 6.92 Å². The molecule has 11 heavy (non-hydrogen) atoms. The van der Waals surface area contributed by atoms with Gasteiger partial charge < -0.3 is 6.53 Å². The molecule has 0 amide bonds. The maximum Gasteiger partial charge on any atom is 1.00 e. The molecule has 0 bridgehead atoms. The third kappa shape index (κ3) is 593. The third-order valence-electron chi connectivity index (χ3n) is 0. The molecule has 0 aliphatic carbocycles. The second kappa shape index (κ2) is 11.3. The van der Waals surface area contributed by atoms with Gasteiger partial charge in [0.15, 0.2) is 0 Å². The van der Waals surface area contributed by atoms with Gasteiger partial charge in [0.2, 0.25) is 0 Å². The summed E-state index contributed by atoms with van der Waals surface area (Å²) in [5.74, 6) is -0.833. The zero-order valence-corrected chi connectivity index (χ0v) is 10.4. The van der Waals surface area contributed by atoms with Crippen LogP contribution in [0.15, 0.2) is 0 Å². The van der Waals surface area contributed by atoms with Crippen molar-refractivity contribution in [1.29, 1.82) is 0 Å². The fourth-order valence-electron chi connectivity index (χ4n) is 0. The molecular formula is C2H7CuNaO5S2. The number of hydrogen-bond acceptors (Lipinski definition) is 3. The van der Waals surface area contributed by atoms with E-state index < -0.39 is 15.0 Å². The van der Waals surface area contributed by atoms with Crippen LogP contribution in [0.25, 0.3) is 0 Å². The number of carboxylic acids is 1. The van der Waals surface area contributed by atoms with Gasteiger partial charge in [0.25, 0.3) is 15.0 Å². The molecule has 0 atom stereocenters. The van der Waals surface area contributed by atoms with Crippen molar-refractivity contribution >= 4 is 26.2 Å². The Morgan fingerprint density at radius 1 is 1.55 bits per heavy atom. The molecule has 0 spiro atoms. The van der Waals surface area contributed by atoms with E-state index in [-0.39, 0.29) is 48.1 Å². The van der Waals surface area contributed by atoms with Gasteiger partial charge in [0.1, 0.15) is 0 Å². The normalized spacial score (nSPS) is 7.55. The predicted octanol–water partition coefficient (Wildman–Crippen LogP) is -3.12. The number of hydrogen-bond donors (Lipinski definition) is 3. The summed E-state index contributed by atoms with van der Waals surface area (Å²) in [6.45, 7) is 1.08. The first-order valence-corrected chi connectivity index (χ1v) is 4.02. The van der Waals surface area contributed by atoms with E-state index in [1.165, 1.54) is 0 Å². The van der Waals surface area contributed by atoms with E-state index in [1.807, 2.05) is 0 Å². The van der Waals surface area contributed by atoms with Crippen LogP contribution in [0.3, 0.4) is 0 Å². The van der Waals surface area contributed by atoms with Crippen LogP contribution < -0.4 is 29.6 Å². The van der Waals surface area contributed by atoms with Gasteiger partial charge in [-0.1, -0.05) is 0 Å². The number of carboxylic acid groups (broad SMARTS) is 1. The Kier molecular flexibility index (Phi) is 23.4. The second-order valence-corrected chi connectivity index (χ2v) is 3.17. The van der Waals surface area contributed by atoms with E-state index in [4.69, 9.17) is 23.2 Å². The van der Waals surface area contributed by atoms with Crippen molar-refractivity contribution < 1.29 is 71.3 Å². The van der Waals surface area contributed by atoms with E-state index in [2.05, 4.69) is 11.2 Å². The van der Waals surface area contributed by atoms with Crippen molar-refractivity contribution in [1.82, 2.24) is 0 Å². The second-order valence-electron chi connectivity index (χ2n) is 0.967. The Labute approximate surface area is 104 Å². The summed E-state index contributed by atoms with van der Waals surface area (Å²) in [6, 6.07) is 0. The minimum Gasteiger partial charge on any atom is -1.00 e. The van der Waals surface area contributed by atoms with Crippen LogP contribution in [0.5, 0.6) is 0 Å². The Morgan fingerprint density at radius 2 is 1.55 bits per heavy atom. The van der Waals surface area contributed by atoms with E-state index in [9.17, 15) is 0 Å². The molecule has 5 nitrogen and oxygen atoms in total. The van der Waals surface area contributed by atoms with Crippen molar-refractivity contribution in [2.45, 2.75) is 6.92 Å². The molecule has 0 aliphatic rings. The number of aliphatic carboxylic acids is 1. The van der Waals surface area contributed by atoms with Gasteiger partial charge >= 0.3 is 29.6 Å². The zero-order valence-electron chi connectivity index (χ0n) is 6.78. The fraction of sp³-hybridized carbons (Fsp3) is 0.500. The molecule has 0 heterocycles. The minimum atomic E-state index is -3.83. The fourth-order valence-corrected chi connectivity index (χ4v) is 0. The molecule has 69 valence electrons. The average molecular weight is 262 g/mol. The first kappa shape index (κ1) is 22.8. The van der Waals surface area contributed by atoms with Crippen LogP contribution in [-0.4, -0.2) is 24.4 Å². The van der Waals surface area contributed by atoms with Crippen LogP contribution >= 0.6 is 0 Å². The molecule has 0 unspecified atom stereocenters. The first-order chi connectivity index (χ1) is 3.73. The van der Waals surface area contributed by atoms with Crippen LogP contribution in [0, 0.1) is 0 Å². The van der Waals surface area contributed by atoms with Crippen molar-refractivity contribution in [3.63, 3.8) is 0 Å². The predicted molar refractivity (Wildman–Crippen MR) is 35.2 cm³/mol. The summed E-state index contributed by atoms with van der Waals surface area (Å²) in [4.78, 5) is 9.00. The minimum absolute atomic E-state index is 0. The van der Waals surface area contributed by atoms with Crippen molar-refractivity contribution in [3.8, 4) is 0 Å². The first-order valence-electron chi connectivity index (χ1n) is 1.63. The molecule has 0 aromatic rings. The van der Waals surface area contributed by atoms with Crippen LogP contribution in [-0.2, 0) is 42.1 Å². The molecule has 0 aromatic heterocycles. The molecule has 0 rings (SSSR count). The smallest absolute Gasteiger partial charge is 1.00 e. The van der Waals surface area contributed by atoms with Gasteiger partial charge in [-0.3, -0.25) is 13.9 Å². The summed E-state index contributed by atoms with van der Waals surface area (Å²) in [6.07, 6.45) is 0. The van der Waals surface area contributed by atoms with Crippen molar-refractivity contribution in [2.75, 3.05) is 0 Å². The SMILES string of the molecule is CC(=O)O.O=S(O)(O)=S.[Cu].[H-].[Na+]. The van der Waals surface area contributed by atoms with Gasteiger partial charge in [0.05, 0.1) is 0 Å². The monoisotopic (exact) mass is 261 g/mol. The van der Waals surface area contributed by atoms with Gasteiger partial charge in [0, 0.05) is 35.2 Å². The Balaban J connectivity index is -0.0000000221. The number of rotatable bonds is 0. The zero-order chi connectivity index (χ0) is 8.08. The van der Waals surface area contributed by atoms with E-state index >= 15 is 0 Å². The molecule has 0 fully saturated rings. The van der Waals surface area contributed by atoms with Crippen molar-refractivity contribution in [3.05, 3.63) is 0 Å². The third-order valence-corrected chi connectivity index (χ3v) is 0. The van der Waals surface area contributed by atoms with Gasteiger partial charge in [-0.05, 0) is 0 Å². The van der Waals surface area contributed by atoms with Gasteiger partial charge in [-0.25, -0.2) is 0 Å². The van der Waals surface area contributed by atoms with E-state index in [0.29, 0.717) is 0 Å². The average Bonchev–Trinajstić information content (AvgIpc) is 1.19. The van der Waals surface area contributed by atoms with Crippen LogP contribution in [0.2, 0.25) is 0 Å². The standard InChI is InChI=1S/C2H4O2.Cu.Na.H2O3S2.H/c1-2(3)4;;;1-5(2,3)4;/h1H3,(H,3,4);;;(H2,1,2,3,4);/q;;+1;;-1. The maximum atomic E-state index is 9.11. The molecule has 0 saturated carbocycles. The Bertz CT molecular complexity index is 170. The summed E-state index contributed by atoms with van der Waals surface area (Å²) >= 11 is 3.47. The molecule has 1 radical (unpaired) electrons. The van der Waals surface area contributed by atoms with Crippen LogP contribution in [0.4, 0.5) is 0 Å².